The van der Waals surface area contributed by atoms with Gasteiger partial charge in [0.1, 0.15) is 17.5 Å². The summed E-state index contributed by atoms with van der Waals surface area (Å²) in [4.78, 5) is 4.14. The fourth-order valence-corrected chi connectivity index (χ4v) is 1.41. The zero-order valence-electron chi connectivity index (χ0n) is 8.31. The van der Waals surface area contributed by atoms with Crippen LogP contribution >= 0.6 is 0 Å². The van der Waals surface area contributed by atoms with Crippen LogP contribution in [0.15, 0.2) is 24.3 Å². The van der Waals surface area contributed by atoms with Crippen molar-refractivity contribution in [3.05, 3.63) is 41.7 Å². The fraction of sp³-hybridized carbons (Fsp3) is 0.200. The molecule has 0 aliphatic heterocycles. The highest BCUT2D eigenvalue weighted by Crippen LogP contribution is 2.11. The van der Waals surface area contributed by atoms with Crippen LogP contribution in [0.5, 0.6) is 0 Å². The molecule has 15 heavy (non-hydrogen) atoms. The van der Waals surface area contributed by atoms with E-state index in [1.165, 1.54) is 12.1 Å². The average molecular weight is 206 g/mol. The van der Waals surface area contributed by atoms with E-state index >= 15 is 0 Å². The average Bonchev–Trinajstić information content (AvgIpc) is 2.59. The molecule has 0 saturated carbocycles. The van der Waals surface area contributed by atoms with Crippen LogP contribution in [0.25, 0.3) is 5.69 Å². The van der Waals surface area contributed by atoms with Crippen molar-refractivity contribution in [3.63, 3.8) is 0 Å². The lowest BCUT2D eigenvalue weighted by Gasteiger charge is -2.03. The van der Waals surface area contributed by atoms with Gasteiger partial charge in [-0.2, -0.15) is 5.10 Å². The van der Waals surface area contributed by atoms with E-state index in [2.05, 4.69) is 10.1 Å². The van der Waals surface area contributed by atoms with Crippen molar-refractivity contribution in [1.82, 2.24) is 14.8 Å². The highest BCUT2D eigenvalue weighted by Gasteiger charge is 2.07. The smallest absolute Gasteiger partial charge is 0.148 e. The van der Waals surface area contributed by atoms with Gasteiger partial charge >= 0.3 is 0 Å². The third kappa shape index (κ3) is 1.87. The van der Waals surface area contributed by atoms with Gasteiger partial charge in [0.05, 0.1) is 12.2 Å². The first-order valence-corrected chi connectivity index (χ1v) is 4.59. The summed E-state index contributed by atoms with van der Waals surface area (Å²) in [5, 5.41) is 4.15. The van der Waals surface area contributed by atoms with Crippen LogP contribution in [0.2, 0.25) is 0 Å². The number of aromatic nitrogens is 3. The molecule has 1 heterocycles. The molecule has 78 valence electrons. The zero-order valence-corrected chi connectivity index (χ0v) is 8.31. The van der Waals surface area contributed by atoms with Crippen molar-refractivity contribution in [2.24, 2.45) is 5.73 Å². The summed E-state index contributed by atoms with van der Waals surface area (Å²) >= 11 is 0. The Bertz CT molecular complexity index is 478. The highest BCUT2D eigenvalue weighted by molar-refractivity contribution is 5.32. The molecule has 5 heteroatoms. The van der Waals surface area contributed by atoms with Gasteiger partial charge in [-0.1, -0.05) is 6.07 Å². The summed E-state index contributed by atoms with van der Waals surface area (Å²) in [5.41, 5.74) is 6.16. The van der Waals surface area contributed by atoms with Crippen LogP contribution in [0, 0.1) is 12.7 Å². The molecule has 0 saturated heterocycles. The van der Waals surface area contributed by atoms with E-state index in [9.17, 15) is 4.39 Å². The van der Waals surface area contributed by atoms with Crippen molar-refractivity contribution in [3.8, 4) is 5.69 Å². The molecule has 0 spiro atoms. The summed E-state index contributed by atoms with van der Waals surface area (Å²) in [6.07, 6.45) is 0. The number of aryl methyl sites for hydroxylation is 1. The minimum atomic E-state index is -0.302. The Morgan fingerprint density at radius 3 is 2.93 bits per heavy atom. The molecule has 1 aromatic carbocycles. The van der Waals surface area contributed by atoms with Gasteiger partial charge in [-0.3, -0.25) is 0 Å². The number of benzene rings is 1. The number of rotatable bonds is 2. The number of nitrogens with zero attached hydrogens (tertiary/aromatic N) is 3. The maximum atomic E-state index is 13.0. The van der Waals surface area contributed by atoms with Crippen molar-refractivity contribution in [2.45, 2.75) is 13.5 Å². The molecule has 0 aliphatic rings. The standard InChI is InChI=1S/C10H11FN4/c1-7-13-10(6-12)15(14-7)9-4-2-3-8(11)5-9/h2-5H,6,12H2,1H3. The summed E-state index contributed by atoms with van der Waals surface area (Å²) in [5.74, 6) is 0.946. The van der Waals surface area contributed by atoms with Gasteiger partial charge in [-0.05, 0) is 25.1 Å². The first kappa shape index (κ1) is 9.79. The first-order chi connectivity index (χ1) is 7.20. The molecule has 4 nitrogen and oxygen atoms in total. The monoisotopic (exact) mass is 206 g/mol. The van der Waals surface area contributed by atoms with E-state index in [1.807, 2.05) is 0 Å². The molecular weight excluding hydrogens is 195 g/mol. The van der Waals surface area contributed by atoms with Crippen LogP contribution < -0.4 is 5.73 Å². The number of hydrogen-bond acceptors (Lipinski definition) is 3. The maximum Gasteiger partial charge on any atom is 0.148 e. The van der Waals surface area contributed by atoms with Gasteiger partial charge in [0.2, 0.25) is 0 Å². The molecule has 2 aromatic rings. The molecule has 0 amide bonds. The molecular formula is C10H11FN4. The molecule has 0 unspecified atom stereocenters. The molecule has 0 radical (unpaired) electrons. The summed E-state index contributed by atoms with van der Waals surface area (Å²) in [6, 6.07) is 6.17. The largest absolute Gasteiger partial charge is 0.324 e. The SMILES string of the molecule is Cc1nc(CN)n(-c2cccc(F)c2)n1. The topological polar surface area (TPSA) is 56.7 Å². The second-order valence-corrected chi connectivity index (χ2v) is 3.17. The third-order valence-corrected chi connectivity index (χ3v) is 2.02. The van der Waals surface area contributed by atoms with Gasteiger partial charge in [-0.25, -0.2) is 14.1 Å². The second kappa shape index (κ2) is 3.78. The van der Waals surface area contributed by atoms with Gasteiger partial charge in [0, 0.05) is 0 Å². The van der Waals surface area contributed by atoms with Crippen LogP contribution in [0.4, 0.5) is 4.39 Å². The fourth-order valence-electron chi connectivity index (χ4n) is 1.41. The van der Waals surface area contributed by atoms with E-state index < -0.39 is 0 Å². The lowest BCUT2D eigenvalue weighted by atomic mass is 10.3. The lowest BCUT2D eigenvalue weighted by molar-refractivity contribution is 0.624. The van der Waals surface area contributed by atoms with Crippen LogP contribution in [0.1, 0.15) is 11.6 Å². The predicted molar refractivity (Wildman–Crippen MR) is 53.9 cm³/mol. The van der Waals surface area contributed by atoms with Crippen LogP contribution in [0.3, 0.4) is 0 Å². The van der Waals surface area contributed by atoms with Gasteiger partial charge in [0.25, 0.3) is 0 Å². The Kier molecular flexibility index (Phi) is 2.47. The first-order valence-electron chi connectivity index (χ1n) is 4.59. The maximum absolute atomic E-state index is 13.0. The zero-order chi connectivity index (χ0) is 10.8. The van der Waals surface area contributed by atoms with Crippen molar-refractivity contribution in [1.29, 1.82) is 0 Å². The molecule has 0 aliphatic carbocycles. The van der Waals surface area contributed by atoms with E-state index in [0.717, 1.165) is 0 Å². The second-order valence-electron chi connectivity index (χ2n) is 3.17. The molecule has 0 bridgehead atoms. The Hall–Kier alpha value is -1.75. The third-order valence-electron chi connectivity index (χ3n) is 2.02. The van der Waals surface area contributed by atoms with E-state index in [1.54, 1.807) is 23.7 Å². The van der Waals surface area contributed by atoms with Gasteiger partial charge in [0.15, 0.2) is 0 Å². The Balaban J connectivity index is 2.53. The van der Waals surface area contributed by atoms with Crippen LogP contribution in [-0.2, 0) is 6.54 Å². The quantitative estimate of drug-likeness (QED) is 0.802. The Morgan fingerprint density at radius 1 is 1.47 bits per heavy atom. The van der Waals surface area contributed by atoms with Crippen molar-refractivity contribution >= 4 is 0 Å². The van der Waals surface area contributed by atoms with E-state index in [-0.39, 0.29) is 12.4 Å². The van der Waals surface area contributed by atoms with Gasteiger partial charge in [-0.15, -0.1) is 0 Å². The highest BCUT2D eigenvalue weighted by atomic mass is 19.1. The molecule has 2 rings (SSSR count). The minimum absolute atomic E-state index is 0.275. The normalized spacial score (nSPS) is 10.6. The summed E-state index contributed by atoms with van der Waals surface area (Å²) < 4.78 is 14.6. The number of hydrogen-bond donors (Lipinski definition) is 1. The van der Waals surface area contributed by atoms with E-state index in [0.29, 0.717) is 17.3 Å². The van der Waals surface area contributed by atoms with Gasteiger partial charge < -0.3 is 5.73 Å². The number of nitrogens with two attached hydrogens (primary N) is 1. The lowest BCUT2D eigenvalue weighted by Crippen LogP contribution is -2.08. The molecule has 1 aromatic heterocycles. The Morgan fingerprint density at radius 2 is 2.27 bits per heavy atom. The molecule has 0 atom stereocenters. The van der Waals surface area contributed by atoms with Crippen molar-refractivity contribution < 1.29 is 4.39 Å². The Labute approximate surface area is 86.6 Å². The predicted octanol–water partition coefficient (Wildman–Crippen LogP) is 1.17. The summed E-state index contributed by atoms with van der Waals surface area (Å²) in [7, 11) is 0. The van der Waals surface area contributed by atoms with Crippen LogP contribution in [-0.4, -0.2) is 14.8 Å². The molecule has 0 fully saturated rings. The molecule has 2 N–H and O–H groups in total. The van der Waals surface area contributed by atoms with Crippen molar-refractivity contribution in [2.75, 3.05) is 0 Å². The summed E-state index contributed by atoms with van der Waals surface area (Å²) in [6.45, 7) is 2.05. The minimum Gasteiger partial charge on any atom is -0.324 e. The van der Waals surface area contributed by atoms with E-state index in [4.69, 9.17) is 5.73 Å². The number of halogens is 1.